The topological polar surface area (TPSA) is 134 Å². The quantitative estimate of drug-likeness (QED) is 0.137. The minimum Gasteiger partial charge on any atom is -0.462 e. The van der Waals surface area contributed by atoms with E-state index in [2.05, 4.69) is 13.0 Å². The monoisotopic (exact) mass is 652 g/mol. The summed E-state index contributed by atoms with van der Waals surface area (Å²) in [7, 11) is 7.54. The zero-order chi connectivity index (χ0) is 34.9. The van der Waals surface area contributed by atoms with Gasteiger partial charge in [-0.1, -0.05) is 63.2 Å². The summed E-state index contributed by atoms with van der Waals surface area (Å²) in [6, 6.07) is 0. The molecule has 0 aromatic carbocycles. The molecule has 9 heteroatoms. The Morgan fingerprint density at radius 3 is 2.19 bits per heavy atom. The van der Waals surface area contributed by atoms with E-state index in [1.54, 1.807) is 39.8 Å². The first-order chi connectivity index (χ1) is 21.9. The molecule has 5 rings (SSSR count). The van der Waals surface area contributed by atoms with E-state index in [9.17, 15) is 30.0 Å². The zero-order valence-corrected chi connectivity index (χ0v) is 29.7. The molecule has 5 aliphatic carbocycles. The Kier molecular flexibility index (Phi) is 9.62. The number of aliphatic hydroxyl groups excluding tert-OH is 4. The van der Waals surface area contributed by atoms with Crippen molar-refractivity contribution in [1.29, 1.82) is 0 Å². The van der Waals surface area contributed by atoms with Crippen molar-refractivity contribution in [3.63, 3.8) is 0 Å². The Labute approximate surface area is 282 Å². The molecule has 0 amide bonds. The lowest BCUT2D eigenvalue weighted by molar-refractivity contribution is -0.250. The Morgan fingerprint density at radius 1 is 0.936 bits per heavy atom. The molecule has 0 heterocycles. The van der Waals surface area contributed by atoms with Crippen LogP contribution in [0.5, 0.6) is 0 Å². The maximum atomic E-state index is 13.1. The van der Waals surface area contributed by atoms with Gasteiger partial charge in [-0.15, -0.1) is 0 Å². The maximum absolute atomic E-state index is 13.1. The Bertz CT molecular complexity index is 1350. The van der Waals surface area contributed by atoms with Crippen LogP contribution in [0.15, 0.2) is 34.9 Å². The van der Waals surface area contributed by atoms with Crippen molar-refractivity contribution < 1.29 is 39.5 Å². The predicted octanol–water partition coefficient (Wildman–Crippen LogP) is 4.99. The first-order valence-electron chi connectivity index (χ1n) is 17.7. The van der Waals surface area contributed by atoms with Gasteiger partial charge in [-0.05, 0) is 101 Å². The van der Waals surface area contributed by atoms with Gasteiger partial charge in [0.2, 0.25) is 0 Å². The second-order valence-corrected chi connectivity index (χ2v) is 16.9. The van der Waals surface area contributed by atoms with E-state index in [1.807, 2.05) is 20.8 Å². The average molecular weight is 653 g/mol. The summed E-state index contributed by atoms with van der Waals surface area (Å²) >= 11 is 0. The number of allylic oxidation sites excluding steroid dienone is 4. The molecule has 4 saturated carbocycles. The highest BCUT2D eigenvalue weighted by Gasteiger charge is 2.70. The lowest BCUT2D eigenvalue weighted by atomic mass is 9.33. The normalized spacial score (nSPS) is 46.2. The number of ether oxygens (including phenoxy) is 2. The van der Waals surface area contributed by atoms with Gasteiger partial charge >= 0.3 is 11.9 Å². The van der Waals surface area contributed by atoms with Gasteiger partial charge in [0.05, 0.1) is 44.8 Å². The fourth-order valence-corrected chi connectivity index (χ4v) is 11.0. The third kappa shape index (κ3) is 5.32. The predicted molar refractivity (Wildman–Crippen MR) is 180 cm³/mol. The van der Waals surface area contributed by atoms with Crippen molar-refractivity contribution in [2.75, 3.05) is 13.2 Å². The first kappa shape index (κ1) is 36.3. The minimum atomic E-state index is -1.25. The van der Waals surface area contributed by atoms with Crippen LogP contribution in [0.3, 0.4) is 0 Å². The Hall–Kier alpha value is -1.94. The second kappa shape index (κ2) is 12.4. The number of carbonyl (C=O) groups excluding carboxylic acids is 2. The fourth-order valence-electron chi connectivity index (χ4n) is 11.0. The largest absolute Gasteiger partial charge is 0.462 e. The van der Waals surface area contributed by atoms with Crippen LogP contribution in [0.1, 0.15) is 100 Å². The number of hydrogen-bond donors (Lipinski definition) is 4. The van der Waals surface area contributed by atoms with E-state index in [0.29, 0.717) is 43.3 Å². The second-order valence-electron chi connectivity index (χ2n) is 16.9. The van der Waals surface area contributed by atoms with Gasteiger partial charge in [0, 0.05) is 16.6 Å². The number of rotatable bonds is 6. The summed E-state index contributed by atoms with van der Waals surface area (Å²) in [6.45, 7) is 14.8. The van der Waals surface area contributed by atoms with E-state index in [0.717, 1.165) is 12.8 Å². The lowest BCUT2D eigenvalue weighted by Crippen LogP contribution is -2.70. The number of hydrogen-bond acceptors (Lipinski definition) is 8. The third-order valence-corrected chi connectivity index (χ3v) is 14.2. The van der Waals surface area contributed by atoms with Crippen LogP contribution in [0.4, 0.5) is 0 Å². The first-order valence-corrected chi connectivity index (χ1v) is 17.7. The molecular formula is C38H57BO8. The Morgan fingerprint density at radius 2 is 1.57 bits per heavy atom. The van der Waals surface area contributed by atoms with Crippen LogP contribution >= 0.6 is 0 Å². The third-order valence-electron chi connectivity index (χ3n) is 14.2. The number of fused-ring (bicyclic) bond motifs is 7. The van der Waals surface area contributed by atoms with Gasteiger partial charge in [-0.3, -0.25) is 0 Å². The molecule has 0 aliphatic heterocycles. The molecule has 0 aromatic rings. The highest BCUT2D eigenvalue weighted by atomic mass is 16.6. The summed E-state index contributed by atoms with van der Waals surface area (Å²) in [5.41, 5.74) is -0.934. The molecule has 0 spiro atoms. The highest BCUT2D eigenvalue weighted by Crippen LogP contribution is 2.73. The fraction of sp³-hybridized carbons (Fsp3) is 0.789. The van der Waals surface area contributed by atoms with Crippen molar-refractivity contribution in [3.05, 3.63) is 34.9 Å². The summed E-state index contributed by atoms with van der Waals surface area (Å²) in [5.74, 6) is -1.10. The van der Waals surface area contributed by atoms with Gasteiger partial charge in [-0.2, -0.15) is 0 Å². The van der Waals surface area contributed by atoms with Crippen LogP contribution < -0.4 is 0 Å². The molecule has 4 N–H and O–H groups in total. The van der Waals surface area contributed by atoms with Crippen molar-refractivity contribution in [2.24, 2.45) is 45.3 Å². The highest BCUT2D eigenvalue weighted by molar-refractivity contribution is 6.16. The summed E-state index contributed by atoms with van der Waals surface area (Å²) in [5, 5.41) is 45.8. The standard InChI is InChI=1S/C38H57BO8/c1-9-21(3)32(44)46-20-36(8)27-14-13-23-25(38(27,39)16-15-28(36)41)12-11-24-26-17-34(5,6)30(43)31(47-33(45)22(4)10-2)37(26,19-40)29(42)18-35(23,24)7/h9-11,23,25-31,40-43H,12-20H2,1-8H3/b21-9+,22-10+/t23?,25?,26?,27?,28-,29+,30-,31-,35-,36+,37-,38?/m0/s1. The molecule has 8 nitrogen and oxygen atoms in total. The van der Waals surface area contributed by atoms with E-state index in [1.165, 1.54) is 5.57 Å². The molecule has 0 saturated heterocycles. The minimum absolute atomic E-state index is 0.0651. The molecule has 5 aliphatic rings. The molecule has 47 heavy (non-hydrogen) atoms. The SMILES string of the molecule is [B]C12CC[C@H](O)[C@](C)(COC(=O)/C(C)=C/C)C1CCC1C2CC=C2C3CC(C)(C)[C@@H](O)[C@H](OC(=O)/C(C)=C/C)[C@]3(CO)[C@H](O)C[C@]21C. The molecule has 260 valence electrons. The summed E-state index contributed by atoms with van der Waals surface area (Å²) in [4.78, 5) is 25.7. The van der Waals surface area contributed by atoms with Crippen molar-refractivity contribution in [1.82, 2.24) is 0 Å². The van der Waals surface area contributed by atoms with Crippen molar-refractivity contribution in [2.45, 2.75) is 130 Å². The van der Waals surface area contributed by atoms with Crippen molar-refractivity contribution in [3.8, 4) is 0 Å². The number of carbonyl (C=O) groups is 2. The van der Waals surface area contributed by atoms with Crippen LogP contribution in [0, 0.1) is 45.3 Å². The molecule has 12 atom stereocenters. The van der Waals surface area contributed by atoms with Crippen LogP contribution in [0.2, 0.25) is 5.31 Å². The van der Waals surface area contributed by atoms with E-state index in [-0.39, 0.29) is 36.2 Å². The van der Waals surface area contributed by atoms with Gasteiger partial charge in [0.1, 0.15) is 6.10 Å². The number of aliphatic hydroxyl groups is 4. The molecule has 0 aromatic heterocycles. The molecule has 0 bridgehead atoms. The van der Waals surface area contributed by atoms with Gasteiger partial charge in [0.25, 0.3) is 0 Å². The zero-order valence-electron chi connectivity index (χ0n) is 29.7. The molecule has 2 radical (unpaired) electrons. The van der Waals surface area contributed by atoms with Crippen molar-refractivity contribution >= 4 is 19.8 Å². The van der Waals surface area contributed by atoms with Crippen LogP contribution in [-0.4, -0.2) is 77.8 Å². The van der Waals surface area contributed by atoms with Crippen LogP contribution in [-0.2, 0) is 19.1 Å². The summed E-state index contributed by atoms with van der Waals surface area (Å²) in [6.07, 6.45) is 6.17. The average Bonchev–Trinajstić information content (AvgIpc) is 3.03. The number of esters is 2. The lowest BCUT2D eigenvalue weighted by Gasteiger charge is -2.69. The van der Waals surface area contributed by atoms with Gasteiger partial charge in [0.15, 0.2) is 0 Å². The van der Waals surface area contributed by atoms with E-state index in [4.69, 9.17) is 17.3 Å². The maximum Gasteiger partial charge on any atom is 0.333 e. The molecule has 5 unspecified atom stereocenters. The summed E-state index contributed by atoms with van der Waals surface area (Å²) < 4.78 is 11.8. The molecule has 4 fully saturated rings. The van der Waals surface area contributed by atoms with Gasteiger partial charge < -0.3 is 29.9 Å². The van der Waals surface area contributed by atoms with Gasteiger partial charge in [-0.25, -0.2) is 9.59 Å². The Balaban J connectivity index is 1.53. The van der Waals surface area contributed by atoms with E-state index < -0.39 is 64.0 Å². The smallest absolute Gasteiger partial charge is 0.333 e. The van der Waals surface area contributed by atoms with Crippen LogP contribution in [0.25, 0.3) is 0 Å². The molecular weight excluding hydrogens is 595 g/mol. The van der Waals surface area contributed by atoms with E-state index >= 15 is 0 Å².